The molecule has 1 fully saturated rings. The van der Waals surface area contributed by atoms with Crippen molar-refractivity contribution in [3.05, 3.63) is 23.9 Å². The molecular weight excluding hydrogens is 264 g/mol. The molecule has 118 valence electrons. The molecule has 0 spiro atoms. The molecule has 1 saturated heterocycles. The topological polar surface area (TPSA) is 51.6 Å². The Bertz CT molecular complexity index is 419. The maximum atomic E-state index is 9.87. The second kappa shape index (κ2) is 7.20. The summed E-state index contributed by atoms with van der Waals surface area (Å²) in [7, 11) is 0. The van der Waals surface area contributed by atoms with Gasteiger partial charge in [-0.1, -0.05) is 6.07 Å². The van der Waals surface area contributed by atoms with Crippen molar-refractivity contribution >= 4 is 5.82 Å². The van der Waals surface area contributed by atoms with E-state index in [0.717, 1.165) is 51.6 Å². The Kier molecular flexibility index (Phi) is 5.56. The highest BCUT2D eigenvalue weighted by molar-refractivity contribution is 5.35. The van der Waals surface area contributed by atoms with Gasteiger partial charge in [0.1, 0.15) is 5.82 Å². The molecule has 21 heavy (non-hydrogen) atoms. The summed E-state index contributed by atoms with van der Waals surface area (Å²) in [6.07, 6.45) is 1.96. The lowest BCUT2D eigenvalue weighted by atomic mass is 10.1. The molecule has 0 amide bonds. The largest absolute Gasteiger partial charge is 0.389 e. The number of nitrogens with one attached hydrogen (secondary N) is 1. The minimum atomic E-state index is -0.603. The third-order valence-corrected chi connectivity index (χ3v) is 3.66. The number of nitrogens with zero attached hydrogens (tertiary/aromatic N) is 3. The van der Waals surface area contributed by atoms with Crippen molar-refractivity contribution < 1.29 is 5.11 Å². The van der Waals surface area contributed by atoms with E-state index < -0.39 is 5.60 Å². The molecule has 5 nitrogen and oxygen atoms in total. The van der Waals surface area contributed by atoms with Crippen LogP contribution in [0.3, 0.4) is 0 Å². The van der Waals surface area contributed by atoms with Crippen LogP contribution in [0.1, 0.15) is 26.3 Å². The minimum Gasteiger partial charge on any atom is -0.389 e. The Morgan fingerprint density at radius 2 is 1.86 bits per heavy atom. The third kappa shape index (κ3) is 5.61. The van der Waals surface area contributed by atoms with Crippen LogP contribution in [0.2, 0.25) is 0 Å². The van der Waals surface area contributed by atoms with Crippen LogP contribution in [-0.4, -0.2) is 64.8 Å². The lowest BCUT2D eigenvalue weighted by molar-refractivity contribution is 0.0166. The Labute approximate surface area is 128 Å². The molecule has 0 aromatic carbocycles. The summed E-state index contributed by atoms with van der Waals surface area (Å²) in [5.41, 5.74) is 0.654. The standard InChI is InChI=1S/C16H28N4O/c1-4-17-15-6-5-14(11-18-15)12-19-7-9-20(10-8-19)13-16(2,3)21/h5-6,11,21H,4,7-10,12-13H2,1-3H3,(H,17,18). The van der Waals surface area contributed by atoms with Gasteiger partial charge in [0.25, 0.3) is 0 Å². The first kappa shape index (κ1) is 16.2. The van der Waals surface area contributed by atoms with Crippen LogP contribution in [0.25, 0.3) is 0 Å². The average Bonchev–Trinajstić information content (AvgIpc) is 2.42. The zero-order valence-electron chi connectivity index (χ0n) is 13.5. The van der Waals surface area contributed by atoms with Gasteiger partial charge in [-0.05, 0) is 32.4 Å². The van der Waals surface area contributed by atoms with Crippen molar-refractivity contribution in [2.75, 3.05) is 44.6 Å². The van der Waals surface area contributed by atoms with Gasteiger partial charge in [0, 0.05) is 52.0 Å². The normalized spacial score (nSPS) is 17.9. The molecule has 1 aromatic heterocycles. The molecule has 1 aromatic rings. The second-order valence-corrected chi connectivity index (χ2v) is 6.45. The summed E-state index contributed by atoms with van der Waals surface area (Å²) in [5.74, 6) is 0.941. The quantitative estimate of drug-likeness (QED) is 0.830. The van der Waals surface area contributed by atoms with Gasteiger partial charge in [-0.25, -0.2) is 4.98 Å². The van der Waals surface area contributed by atoms with Crippen molar-refractivity contribution in [3.63, 3.8) is 0 Å². The van der Waals surface area contributed by atoms with Crippen molar-refractivity contribution in [1.82, 2.24) is 14.8 Å². The summed E-state index contributed by atoms with van der Waals surface area (Å²) in [6, 6.07) is 4.19. The van der Waals surface area contributed by atoms with Crippen molar-refractivity contribution in [2.45, 2.75) is 32.9 Å². The molecule has 2 N–H and O–H groups in total. The highest BCUT2D eigenvalue weighted by atomic mass is 16.3. The van der Waals surface area contributed by atoms with E-state index in [1.54, 1.807) is 0 Å². The van der Waals surface area contributed by atoms with Gasteiger partial charge < -0.3 is 10.4 Å². The molecule has 2 rings (SSSR count). The third-order valence-electron chi connectivity index (χ3n) is 3.66. The van der Waals surface area contributed by atoms with Crippen molar-refractivity contribution in [3.8, 4) is 0 Å². The zero-order chi connectivity index (χ0) is 15.3. The maximum absolute atomic E-state index is 9.87. The molecule has 1 aliphatic rings. The van der Waals surface area contributed by atoms with Crippen LogP contribution in [0.4, 0.5) is 5.82 Å². The van der Waals surface area contributed by atoms with E-state index in [1.807, 2.05) is 26.1 Å². The fourth-order valence-corrected chi connectivity index (χ4v) is 2.71. The number of piperazine rings is 1. The lowest BCUT2D eigenvalue weighted by Crippen LogP contribution is -2.50. The van der Waals surface area contributed by atoms with Gasteiger partial charge >= 0.3 is 0 Å². The van der Waals surface area contributed by atoms with E-state index in [2.05, 4.69) is 33.1 Å². The van der Waals surface area contributed by atoms with Crippen LogP contribution in [0, 0.1) is 0 Å². The molecule has 0 aliphatic carbocycles. The van der Waals surface area contributed by atoms with Crippen LogP contribution >= 0.6 is 0 Å². The monoisotopic (exact) mass is 292 g/mol. The SMILES string of the molecule is CCNc1ccc(CN2CCN(CC(C)(C)O)CC2)cn1. The summed E-state index contributed by atoms with van der Waals surface area (Å²) >= 11 is 0. The predicted octanol–water partition coefficient (Wildman–Crippen LogP) is 1.40. The highest BCUT2D eigenvalue weighted by Gasteiger charge is 2.22. The van der Waals surface area contributed by atoms with Crippen LogP contribution in [0.15, 0.2) is 18.3 Å². The van der Waals surface area contributed by atoms with E-state index in [9.17, 15) is 5.11 Å². The Balaban J connectivity index is 1.78. The average molecular weight is 292 g/mol. The van der Waals surface area contributed by atoms with Gasteiger partial charge in [0.15, 0.2) is 0 Å². The molecule has 0 atom stereocenters. The van der Waals surface area contributed by atoms with Gasteiger partial charge in [-0.15, -0.1) is 0 Å². The van der Waals surface area contributed by atoms with Crippen LogP contribution in [0.5, 0.6) is 0 Å². The maximum Gasteiger partial charge on any atom is 0.125 e. The number of aromatic nitrogens is 1. The summed E-state index contributed by atoms with van der Waals surface area (Å²) in [4.78, 5) is 9.20. The number of pyridine rings is 1. The van der Waals surface area contributed by atoms with E-state index in [4.69, 9.17) is 0 Å². The molecule has 5 heteroatoms. The van der Waals surface area contributed by atoms with E-state index in [1.165, 1.54) is 5.56 Å². The van der Waals surface area contributed by atoms with Crippen LogP contribution < -0.4 is 5.32 Å². The molecule has 2 heterocycles. The highest BCUT2D eigenvalue weighted by Crippen LogP contribution is 2.12. The number of β-amino-alcohol motifs (C(OH)–C–C–N with tert-alkyl or cyclic N) is 1. The molecule has 0 unspecified atom stereocenters. The summed E-state index contributed by atoms with van der Waals surface area (Å²) in [6.45, 7) is 12.6. The summed E-state index contributed by atoms with van der Waals surface area (Å²) < 4.78 is 0. The van der Waals surface area contributed by atoms with Gasteiger partial charge in [0.05, 0.1) is 5.60 Å². The number of hydrogen-bond acceptors (Lipinski definition) is 5. The van der Waals surface area contributed by atoms with Gasteiger partial charge in [-0.3, -0.25) is 9.80 Å². The van der Waals surface area contributed by atoms with Gasteiger partial charge in [0.2, 0.25) is 0 Å². The number of rotatable bonds is 6. The minimum absolute atomic E-state index is 0.603. The summed E-state index contributed by atoms with van der Waals surface area (Å²) in [5, 5.41) is 13.1. The predicted molar refractivity (Wildman–Crippen MR) is 86.4 cm³/mol. The molecule has 1 aliphatic heterocycles. The fourth-order valence-electron chi connectivity index (χ4n) is 2.71. The first-order valence-electron chi connectivity index (χ1n) is 7.82. The van der Waals surface area contributed by atoms with E-state index in [0.29, 0.717) is 0 Å². The second-order valence-electron chi connectivity index (χ2n) is 6.45. The van der Waals surface area contributed by atoms with Gasteiger partial charge in [-0.2, -0.15) is 0 Å². The Hall–Kier alpha value is -1.17. The molecule has 0 bridgehead atoms. The van der Waals surface area contributed by atoms with Crippen LogP contribution in [-0.2, 0) is 6.54 Å². The Morgan fingerprint density at radius 3 is 2.38 bits per heavy atom. The van der Waals surface area contributed by atoms with Crippen molar-refractivity contribution in [2.24, 2.45) is 0 Å². The smallest absolute Gasteiger partial charge is 0.125 e. The number of anilines is 1. The Morgan fingerprint density at radius 1 is 1.19 bits per heavy atom. The first-order valence-corrected chi connectivity index (χ1v) is 7.82. The number of aliphatic hydroxyl groups is 1. The fraction of sp³-hybridized carbons (Fsp3) is 0.688. The zero-order valence-corrected chi connectivity index (χ0v) is 13.5. The van der Waals surface area contributed by atoms with E-state index >= 15 is 0 Å². The molecule has 0 radical (unpaired) electrons. The molecule has 0 saturated carbocycles. The first-order chi connectivity index (χ1) is 9.96. The van der Waals surface area contributed by atoms with E-state index in [-0.39, 0.29) is 0 Å². The lowest BCUT2D eigenvalue weighted by Gasteiger charge is -2.37. The van der Waals surface area contributed by atoms with Crippen molar-refractivity contribution in [1.29, 1.82) is 0 Å². The number of hydrogen-bond donors (Lipinski definition) is 2. The molecular formula is C16H28N4O.